The summed E-state index contributed by atoms with van der Waals surface area (Å²) in [6.45, 7) is 1.68. The Bertz CT molecular complexity index is 1160. The number of aromatic nitrogens is 1. The lowest BCUT2D eigenvalue weighted by Crippen LogP contribution is -2.49. The van der Waals surface area contributed by atoms with Gasteiger partial charge in [-0.3, -0.25) is 9.78 Å². The van der Waals surface area contributed by atoms with Crippen molar-refractivity contribution in [3.8, 4) is 6.07 Å². The number of aliphatic hydroxyl groups is 1. The molecule has 2 aliphatic heterocycles. The number of nitrogens with zero attached hydrogens (tertiary/aromatic N) is 4. The average Bonchev–Trinajstić information content (AvgIpc) is 3.37. The van der Waals surface area contributed by atoms with Crippen molar-refractivity contribution >= 4 is 22.5 Å². The third kappa shape index (κ3) is 3.41. The van der Waals surface area contributed by atoms with Crippen LogP contribution in [-0.2, 0) is 4.79 Å². The van der Waals surface area contributed by atoms with Crippen molar-refractivity contribution in [1.29, 1.82) is 5.26 Å². The fraction of sp³-hybridized carbons (Fsp3) is 0.542. The number of anilines is 1. The molecular weight excluding hydrogens is 447 g/mol. The lowest BCUT2D eigenvalue weighted by atomic mass is 9.93. The Labute approximate surface area is 195 Å². The first-order valence-electron chi connectivity index (χ1n) is 11.5. The Morgan fingerprint density at radius 1 is 1.26 bits per heavy atom. The van der Waals surface area contributed by atoms with Crippen molar-refractivity contribution in [1.82, 2.24) is 15.2 Å². The van der Waals surface area contributed by atoms with Gasteiger partial charge in [0.1, 0.15) is 11.5 Å². The summed E-state index contributed by atoms with van der Waals surface area (Å²) in [6, 6.07) is 8.57. The first kappa shape index (κ1) is 22.9. The maximum Gasteiger partial charge on any atom is 0.397 e. The molecule has 1 saturated carbocycles. The number of piperidine rings is 2. The highest BCUT2D eigenvalue weighted by atomic mass is 19.4. The molecule has 0 bridgehead atoms. The number of carbonyl (C=O) groups is 1. The van der Waals surface area contributed by atoms with Gasteiger partial charge in [0.2, 0.25) is 5.91 Å². The lowest BCUT2D eigenvalue weighted by Gasteiger charge is -2.33. The predicted molar refractivity (Wildman–Crippen MR) is 119 cm³/mol. The Balaban J connectivity index is 1.41. The van der Waals surface area contributed by atoms with Gasteiger partial charge in [-0.25, -0.2) is 0 Å². The molecule has 1 amide bonds. The van der Waals surface area contributed by atoms with E-state index in [0.29, 0.717) is 54.6 Å². The van der Waals surface area contributed by atoms with Crippen LogP contribution < -0.4 is 10.2 Å². The van der Waals surface area contributed by atoms with Crippen LogP contribution in [-0.4, -0.2) is 72.4 Å². The molecule has 0 spiro atoms. The topological polar surface area (TPSA) is 92.5 Å². The van der Waals surface area contributed by atoms with Gasteiger partial charge < -0.3 is 20.2 Å². The molecule has 2 N–H and O–H groups in total. The molecule has 0 radical (unpaired) electrons. The molecule has 1 aliphatic carbocycles. The van der Waals surface area contributed by atoms with Gasteiger partial charge in [0.05, 0.1) is 23.1 Å². The molecule has 1 aromatic heterocycles. The summed E-state index contributed by atoms with van der Waals surface area (Å²) < 4.78 is 43.0. The first-order valence-corrected chi connectivity index (χ1v) is 11.5. The molecule has 1 aromatic carbocycles. The number of hydrogen-bond acceptors (Lipinski definition) is 6. The smallest absolute Gasteiger partial charge is 0.395 e. The van der Waals surface area contributed by atoms with Crippen LogP contribution in [0, 0.1) is 22.2 Å². The Hall–Kier alpha value is -2.90. The molecule has 3 aliphatic rings. The van der Waals surface area contributed by atoms with E-state index in [2.05, 4.69) is 21.3 Å². The van der Waals surface area contributed by atoms with Crippen LogP contribution in [0.25, 0.3) is 10.9 Å². The number of fused-ring (bicyclic) bond motifs is 2. The quantitative estimate of drug-likeness (QED) is 0.693. The summed E-state index contributed by atoms with van der Waals surface area (Å²) in [5.74, 6) is -0.524. The molecule has 7 nitrogen and oxygen atoms in total. The SMILES string of the molecule is N#Cc1ccc(N2C[C@@]3(C(=O)NC4CCN(CCO)CC4)C[C@@]3(C(F)(F)F)C2)c2cccnc12. The molecule has 10 heteroatoms. The molecule has 3 fully saturated rings. The van der Waals surface area contributed by atoms with Crippen LogP contribution >= 0.6 is 0 Å². The minimum atomic E-state index is -4.51. The van der Waals surface area contributed by atoms with Crippen molar-refractivity contribution in [2.75, 3.05) is 44.2 Å². The Morgan fingerprint density at radius 2 is 2.03 bits per heavy atom. The molecular formula is C24H26F3N5O2. The zero-order valence-electron chi connectivity index (χ0n) is 18.6. The summed E-state index contributed by atoms with van der Waals surface area (Å²) in [6.07, 6.45) is -1.87. The lowest BCUT2D eigenvalue weighted by molar-refractivity contribution is -0.191. The van der Waals surface area contributed by atoms with Crippen LogP contribution in [0.5, 0.6) is 0 Å². The van der Waals surface area contributed by atoms with Crippen LogP contribution in [0.15, 0.2) is 30.5 Å². The zero-order chi connectivity index (χ0) is 24.1. The van der Waals surface area contributed by atoms with Gasteiger partial charge in [-0.05, 0) is 43.5 Å². The minimum Gasteiger partial charge on any atom is -0.395 e. The fourth-order valence-electron chi connectivity index (χ4n) is 5.88. The predicted octanol–water partition coefficient (Wildman–Crippen LogP) is 2.44. The molecule has 2 atom stereocenters. The normalized spacial score (nSPS) is 27.4. The minimum absolute atomic E-state index is 0.0302. The van der Waals surface area contributed by atoms with Crippen molar-refractivity contribution in [3.05, 3.63) is 36.0 Å². The highest BCUT2D eigenvalue weighted by molar-refractivity contribution is 5.97. The Kier molecular flexibility index (Phi) is 5.45. The maximum atomic E-state index is 14.3. The third-order valence-corrected chi connectivity index (χ3v) is 7.84. The van der Waals surface area contributed by atoms with E-state index >= 15 is 0 Å². The second-order valence-electron chi connectivity index (χ2n) is 9.65. The first-order chi connectivity index (χ1) is 16.2. The number of nitriles is 1. The number of β-amino-alcohol motifs (C(OH)–C–C–N with tert-alkyl or cyclic N) is 1. The zero-order valence-corrected chi connectivity index (χ0v) is 18.6. The number of rotatable bonds is 5. The van der Waals surface area contributed by atoms with Gasteiger partial charge in [0.15, 0.2) is 0 Å². The monoisotopic (exact) mass is 473 g/mol. The van der Waals surface area contributed by atoms with E-state index in [1.165, 1.54) is 0 Å². The van der Waals surface area contributed by atoms with Crippen molar-refractivity contribution < 1.29 is 23.1 Å². The van der Waals surface area contributed by atoms with E-state index in [1.807, 2.05) is 0 Å². The molecule has 5 rings (SSSR count). The average molecular weight is 473 g/mol. The summed E-state index contributed by atoms with van der Waals surface area (Å²) in [7, 11) is 0. The largest absolute Gasteiger partial charge is 0.397 e. The third-order valence-electron chi connectivity index (χ3n) is 7.84. The van der Waals surface area contributed by atoms with Gasteiger partial charge in [-0.2, -0.15) is 18.4 Å². The molecule has 0 unspecified atom stereocenters. The number of benzene rings is 1. The van der Waals surface area contributed by atoms with Crippen LogP contribution in [0.3, 0.4) is 0 Å². The maximum absolute atomic E-state index is 14.3. The van der Waals surface area contributed by atoms with Crippen LogP contribution in [0.2, 0.25) is 0 Å². The van der Waals surface area contributed by atoms with E-state index in [4.69, 9.17) is 5.11 Å². The number of halogens is 3. The van der Waals surface area contributed by atoms with Gasteiger partial charge in [0.25, 0.3) is 0 Å². The van der Waals surface area contributed by atoms with E-state index in [1.54, 1.807) is 35.4 Å². The van der Waals surface area contributed by atoms with Crippen molar-refractivity contribution in [2.24, 2.45) is 10.8 Å². The second kappa shape index (κ2) is 8.10. The molecule has 2 aromatic rings. The van der Waals surface area contributed by atoms with Gasteiger partial charge in [-0.1, -0.05) is 0 Å². The highest BCUT2D eigenvalue weighted by Gasteiger charge is 2.86. The van der Waals surface area contributed by atoms with E-state index in [0.717, 1.165) is 0 Å². The number of carbonyl (C=O) groups excluding carboxylic acids is 1. The number of likely N-dealkylation sites (tertiary alicyclic amines) is 1. The van der Waals surface area contributed by atoms with Crippen LogP contribution in [0.1, 0.15) is 24.8 Å². The number of nitrogens with one attached hydrogen (secondary N) is 1. The Morgan fingerprint density at radius 3 is 2.71 bits per heavy atom. The summed E-state index contributed by atoms with van der Waals surface area (Å²) in [4.78, 5) is 21.3. The number of pyridine rings is 1. The van der Waals surface area contributed by atoms with E-state index in [9.17, 15) is 23.2 Å². The van der Waals surface area contributed by atoms with Gasteiger partial charge in [-0.15, -0.1) is 0 Å². The van der Waals surface area contributed by atoms with Crippen LogP contribution in [0.4, 0.5) is 18.9 Å². The summed E-state index contributed by atoms with van der Waals surface area (Å²) in [5.41, 5.74) is -2.24. The summed E-state index contributed by atoms with van der Waals surface area (Å²) >= 11 is 0. The van der Waals surface area contributed by atoms with Crippen molar-refractivity contribution in [3.63, 3.8) is 0 Å². The van der Waals surface area contributed by atoms with E-state index in [-0.39, 0.29) is 32.2 Å². The molecule has 34 heavy (non-hydrogen) atoms. The fourth-order valence-corrected chi connectivity index (χ4v) is 5.88. The number of aliphatic hydroxyl groups excluding tert-OH is 1. The number of hydrogen-bond donors (Lipinski definition) is 2. The molecule has 2 saturated heterocycles. The van der Waals surface area contributed by atoms with Gasteiger partial charge in [0, 0.05) is 56.0 Å². The van der Waals surface area contributed by atoms with Crippen molar-refractivity contribution in [2.45, 2.75) is 31.5 Å². The standard InChI is InChI=1S/C24H26F3N5O2/c25-24(26,27)23-13-22(23,21(34)30-17-5-8-31(9-6-17)10-11-33)14-32(15-23)19-4-3-16(12-28)20-18(19)2-1-7-29-20/h1-4,7,17,33H,5-6,8-11,13-15H2,(H,30,34)/t22-,23-/m1/s1. The molecule has 180 valence electrons. The summed E-state index contributed by atoms with van der Waals surface area (Å²) in [5, 5.41) is 22.0. The van der Waals surface area contributed by atoms with E-state index < -0.39 is 22.9 Å². The van der Waals surface area contributed by atoms with Gasteiger partial charge >= 0.3 is 6.18 Å². The highest BCUT2D eigenvalue weighted by Crippen LogP contribution is 2.75. The second-order valence-corrected chi connectivity index (χ2v) is 9.65. The molecule has 3 heterocycles. The number of alkyl halides is 3. The number of amides is 1.